The van der Waals surface area contributed by atoms with E-state index in [9.17, 15) is 0 Å². The van der Waals surface area contributed by atoms with Crippen LogP contribution in [0.2, 0.25) is 0 Å². The van der Waals surface area contributed by atoms with E-state index in [1.165, 1.54) is 5.39 Å². The molecule has 4 heteroatoms. The number of halogens is 1. The van der Waals surface area contributed by atoms with E-state index < -0.39 is 0 Å². The van der Waals surface area contributed by atoms with Crippen LogP contribution in [-0.2, 0) is 0 Å². The van der Waals surface area contributed by atoms with Gasteiger partial charge in [0, 0.05) is 20.7 Å². The van der Waals surface area contributed by atoms with E-state index in [4.69, 9.17) is 9.47 Å². The molecule has 0 aliphatic heterocycles. The van der Waals surface area contributed by atoms with Crippen molar-refractivity contribution in [2.75, 3.05) is 14.2 Å². The number of aromatic nitrogens is 1. The summed E-state index contributed by atoms with van der Waals surface area (Å²) in [4.78, 5) is 4.60. The van der Waals surface area contributed by atoms with Crippen molar-refractivity contribution in [3.05, 3.63) is 52.2 Å². The first-order chi connectivity index (χ1) is 10.2. The number of rotatable bonds is 3. The van der Waals surface area contributed by atoms with Crippen molar-refractivity contribution in [2.45, 2.75) is 0 Å². The number of ether oxygens (including phenoxy) is 2. The monoisotopic (exact) mass is 391 g/mol. The molecule has 3 rings (SSSR count). The molecule has 2 aromatic carbocycles. The van der Waals surface area contributed by atoms with Crippen LogP contribution < -0.4 is 9.47 Å². The Morgan fingerprint density at radius 2 is 1.57 bits per heavy atom. The van der Waals surface area contributed by atoms with Crippen LogP contribution >= 0.6 is 22.6 Å². The van der Waals surface area contributed by atoms with E-state index in [0.29, 0.717) is 0 Å². The number of hydrogen-bond acceptors (Lipinski definition) is 3. The maximum atomic E-state index is 5.26. The van der Waals surface area contributed by atoms with Crippen LogP contribution in [0.3, 0.4) is 0 Å². The lowest BCUT2D eigenvalue weighted by atomic mass is 10.1. The molecule has 1 aromatic heterocycles. The van der Waals surface area contributed by atoms with Gasteiger partial charge >= 0.3 is 0 Å². The lowest BCUT2D eigenvalue weighted by Gasteiger charge is -2.09. The molecule has 3 nitrogen and oxygen atoms in total. The zero-order valence-electron chi connectivity index (χ0n) is 11.8. The summed E-state index contributed by atoms with van der Waals surface area (Å²) in [6.45, 7) is 0. The first-order valence-corrected chi connectivity index (χ1v) is 7.57. The smallest absolute Gasteiger partial charge is 0.119 e. The van der Waals surface area contributed by atoms with Gasteiger partial charge in [-0.2, -0.15) is 0 Å². The predicted octanol–water partition coefficient (Wildman–Crippen LogP) is 4.52. The third-order valence-electron chi connectivity index (χ3n) is 3.40. The minimum atomic E-state index is 0.845. The SMILES string of the molecule is COc1ccc(-c2ncc3cc(OC)ccc3c2I)cc1. The van der Waals surface area contributed by atoms with Crippen molar-refractivity contribution in [1.82, 2.24) is 4.98 Å². The van der Waals surface area contributed by atoms with Gasteiger partial charge < -0.3 is 9.47 Å². The van der Waals surface area contributed by atoms with Crippen molar-refractivity contribution in [3.8, 4) is 22.8 Å². The largest absolute Gasteiger partial charge is 0.497 e. The Hall–Kier alpha value is -1.82. The van der Waals surface area contributed by atoms with Crippen molar-refractivity contribution in [2.24, 2.45) is 0 Å². The van der Waals surface area contributed by atoms with Gasteiger partial charge in [0.15, 0.2) is 0 Å². The van der Waals surface area contributed by atoms with Gasteiger partial charge in [0.25, 0.3) is 0 Å². The Bertz CT molecular complexity index is 785. The van der Waals surface area contributed by atoms with Gasteiger partial charge in [-0.3, -0.25) is 4.98 Å². The molecule has 0 unspecified atom stereocenters. The van der Waals surface area contributed by atoms with E-state index in [1.807, 2.05) is 42.6 Å². The highest BCUT2D eigenvalue weighted by Crippen LogP contribution is 2.31. The minimum absolute atomic E-state index is 0.845. The molecule has 0 saturated heterocycles. The number of benzene rings is 2. The number of fused-ring (bicyclic) bond motifs is 1. The zero-order chi connectivity index (χ0) is 14.8. The second kappa shape index (κ2) is 5.89. The Morgan fingerprint density at radius 1 is 0.905 bits per heavy atom. The zero-order valence-corrected chi connectivity index (χ0v) is 13.9. The third-order valence-corrected chi connectivity index (χ3v) is 4.49. The molecule has 0 aliphatic carbocycles. The summed E-state index contributed by atoms with van der Waals surface area (Å²) in [6.07, 6.45) is 1.89. The fourth-order valence-electron chi connectivity index (χ4n) is 2.24. The second-order valence-electron chi connectivity index (χ2n) is 4.60. The topological polar surface area (TPSA) is 31.4 Å². The molecule has 0 spiro atoms. The second-order valence-corrected chi connectivity index (χ2v) is 5.68. The molecule has 0 aliphatic rings. The Labute approximate surface area is 137 Å². The fraction of sp³-hybridized carbons (Fsp3) is 0.118. The first kappa shape index (κ1) is 14.1. The van der Waals surface area contributed by atoms with E-state index in [2.05, 4.69) is 33.6 Å². The molecule has 21 heavy (non-hydrogen) atoms. The van der Waals surface area contributed by atoms with Crippen molar-refractivity contribution in [1.29, 1.82) is 0 Å². The van der Waals surface area contributed by atoms with Gasteiger partial charge in [0.2, 0.25) is 0 Å². The molecule has 3 aromatic rings. The first-order valence-electron chi connectivity index (χ1n) is 6.49. The summed E-state index contributed by atoms with van der Waals surface area (Å²) < 4.78 is 11.6. The average molecular weight is 391 g/mol. The molecule has 0 atom stereocenters. The van der Waals surface area contributed by atoms with Crippen LogP contribution in [0.15, 0.2) is 48.7 Å². The van der Waals surface area contributed by atoms with Gasteiger partial charge in [-0.25, -0.2) is 0 Å². The fourth-order valence-corrected chi connectivity index (χ4v) is 3.18. The normalized spacial score (nSPS) is 10.6. The quantitative estimate of drug-likeness (QED) is 0.616. The van der Waals surface area contributed by atoms with E-state index in [1.54, 1.807) is 14.2 Å². The highest BCUT2D eigenvalue weighted by atomic mass is 127. The maximum absolute atomic E-state index is 5.26. The van der Waals surface area contributed by atoms with Crippen LogP contribution in [0, 0.1) is 3.57 Å². The van der Waals surface area contributed by atoms with Crippen molar-refractivity contribution in [3.63, 3.8) is 0 Å². The van der Waals surface area contributed by atoms with Gasteiger partial charge in [0.1, 0.15) is 11.5 Å². The van der Waals surface area contributed by atoms with Gasteiger partial charge in [0.05, 0.1) is 19.9 Å². The third kappa shape index (κ3) is 2.68. The van der Waals surface area contributed by atoms with E-state index in [0.717, 1.165) is 31.7 Å². The molecule has 0 N–H and O–H groups in total. The molecular formula is C17H14INO2. The summed E-state index contributed by atoms with van der Waals surface area (Å²) in [7, 11) is 3.34. The van der Waals surface area contributed by atoms with Gasteiger partial charge in [-0.15, -0.1) is 0 Å². The van der Waals surface area contributed by atoms with Crippen LogP contribution in [0.5, 0.6) is 11.5 Å². The van der Waals surface area contributed by atoms with E-state index in [-0.39, 0.29) is 0 Å². The highest BCUT2D eigenvalue weighted by Gasteiger charge is 2.09. The molecule has 0 amide bonds. The predicted molar refractivity (Wildman–Crippen MR) is 93.0 cm³/mol. The maximum Gasteiger partial charge on any atom is 0.119 e. The van der Waals surface area contributed by atoms with Gasteiger partial charge in [-0.05, 0) is 70.4 Å². The molecule has 106 valence electrons. The van der Waals surface area contributed by atoms with Gasteiger partial charge in [-0.1, -0.05) is 0 Å². The average Bonchev–Trinajstić information content (AvgIpc) is 2.55. The van der Waals surface area contributed by atoms with Crippen LogP contribution in [0.25, 0.3) is 22.0 Å². The number of nitrogens with zero attached hydrogens (tertiary/aromatic N) is 1. The number of methoxy groups -OCH3 is 2. The summed E-state index contributed by atoms with van der Waals surface area (Å²) in [5.41, 5.74) is 2.06. The van der Waals surface area contributed by atoms with Crippen molar-refractivity contribution < 1.29 is 9.47 Å². The van der Waals surface area contributed by atoms with Crippen LogP contribution in [0.4, 0.5) is 0 Å². The summed E-state index contributed by atoms with van der Waals surface area (Å²) >= 11 is 2.35. The molecular weight excluding hydrogens is 377 g/mol. The highest BCUT2D eigenvalue weighted by molar-refractivity contribution is 14.1. The van der Waals surface area contributed by atoms with Crippen LogP contribution in [0.1, 0.15) is 0 Å². The summed E-state index contributed by atoms with van der Waals surface area (Å²) in [5.74, 6) is 1.69. The molecule has 1 heterocycles. The standard InChI is InChI=1S/C17H14INO2/c1-20-13-5-3-11(4-6-13)17-16(18)15-8-7-14(21-2)9-12(15)10-19-17/h3-10H,1-2H3. The number of hydrogen-bond donors (Lipinski definition) is 0. The van der Waals surface area contributed by atoms with E-state index >= 15 is 0 Å². The Kier molecular flexibility index (Phi) is 3.96. The molecule has 0 bridgehead atoms. The molecule has 0 fully saturated rings. The Balaban J connectivity index is 2.12. The molecule has 0 radical (unpaired) electrons. The number of pyridine rings is 1. The minimum Gasteiger partial charge on any atom is -0.497 e. The van der Waals surface area contributed by atoms with Crippen LogP contribution in [-0.4, -0.2) is 19.2 Å². The summed E-state index contributed by atoms with van der Waals surface area (Å²) in [5, 5.41) is 2.26. The lowest BCUT2D eigenvalue weighted by molar-refractivity contribution is 0.415. The summed E-state index contributed by atoms with van der Waals surface area (Å²) in [6, 6.07) is 14.0. The molecule has 0 saturated carbocycles. The van der Waals surface area contributed by atoms with Crippen molar-refractivity contribution >= 4 is 33.4 Å². The Morgan fingerprint density at radius 3 is 2.24 bits per heavy atom. The lowest BCUT2D eigenvalue weighted by Crippen LogP contribution is -1.91.